The van der Waals surface area contributed by atoms with Crippen LogP contribution in [0.25, 0.3) is 0 Å². The van der Waals surface area contributed by atoms with Crippen LogP contribution in [0.4, 0.5) is 0 Å². The van der Waals surface area contributed by atoms with Gasteiger partial charge in [-0.1, -0.05) is 49.6 Å². The third-order valence-electron chi connectivity index (χ3n) is 5.68. The van der Waals surface area contributed by atoms with Gasteiger partial charge in [-0.3, -0.25) is 4.79 Å². The highest BCUT2D eigenvalue weighted by molar-refractivity contribution is 5.84. The summed E-state index contributed by atoms with van der Waals surface area (Å²) in [7, 11) is 0. The van der Waals surface area contributed by atoms with E-state index in [2.05, 4.69) is 40.6 Å². The number of piperidine rings is 1. The minimum absolute atomic E-state index is 0.0940. The Hall–Kier alpha value is -2.04. The molecule has 0 spiro atoms. The molecule has 1 aliphatic carbocycles. The molecule has 1 amide bonds. The minimum atomic E-state index is 0.0940. The number of hydrogen-bond donors (Lipinski definition) is 2. The van der Waals surface area contributed by atoms with Gasteiger partial charge in [0.2, 0.25) is 5.91 Å². The Morgan fingerprint density at radius 3 is 2.46 bits per heavy atom. The predicted molar refractivity (Wildman–Crippen MR) is 106 cm³/mol. The van der Waals surface area contributed by atoms with Gasteiger partial charge >= 0.3 is 0 Å². The molecule has 1 heterocycles. The number of hydrogen-bond acceptors (Lipinski definition) is 2. The maximum atomic E-state index is 12.4. The van der Waals surface area contributed by atoms with Gasteiger partial charge in [-0.15, -0.1) is 0 Å². The van der Waals surface area contributed by atoms with Crippen molar-refractivity contribution < 1.29 is 4.79 Å². The Morgan fingerprint density at radius 2 is 1.77 bits per heavy atom. The summed E-state index contributed by atoms with van der Waals surface area (Å²) in [6.45, 7) is 1.83. The molecule has 0 unspecified atom stereocenters. The van der Waals surface area contributed by atoms with E-state index in [-0.39, 0.29) is 12.5 Å². The first kappa shape index (κ1) is 18.7. The molecule has 0 atom stereocenters. The van der Waals surface area contributed by atoms with Gasteiger partial charge < -0.3 is 16.0 Å². The van der Waals surface area contributed by atoms with Crippen molar-refractivity contribution in [2.24, 2.45) is 16.6 Å². The molecule has 5 nitrogen and oxygen atoms in total. The van der Waals surface area contributed by atoms with Crippen molar-refractivity contribution in [2.45, 2.75) is 57.4 Å². The average molecular weight is 357 g/mol. The zero-order valence-corrected chi connectivity index (χ0v) is 15.7. The molecule has 0 aromatic heterocycles. The maximum absolute atomic E-state index is 12.4. The Kier molecular flexibility index (Phi) is 6.92. The second-order valence-corrected chi connectivity index (χ2v) is 7.69. The quantitative estimate of drug-likeness (QED) is 0.629. The molecule has 142 valence electrons. The Labute approximate surface area is 157 Å². The van der Waals surface area contributed by atoms with E-state index in [9.17, 15) is 4.79 Å². The van der Waals surface area contributed by atoms with Gasteiger partial charge in [0.1, 0.15) is 6.54 Å². The van der Waals surface area contributed by atoms with E-state index < -0.39 is 0 Å². The van der Waals surface area contributed by atoms with Crippen molar-refractivity contribution in [1.29, 1.82) is 0 Å². The van der Waals surface area contributed by atoms with E-state index in [1.807, 2.05) is 4.90 Å². The fourth-order valence-corrected chi connectivity index (χ4v) is 4.09. The summed E-state index contributed by atoms with van der Waals surface area (Å²) in [5, 5.41) is 3.27. The number of benzene rings is 1. The number of nitrogens with one attached hydrogen (secondary N) is 1. The number of guanidine groups is 1. The van der Waals surface area contributed by atoms with E-state index in [0.29, 0.717) is 17.9 Å². The topological polar surface area (TPSA) is 70.7 Å². The Balaban J connectivity index is 1.38. The summed E-state index contributed by atoms with van der Waals surface area (Å²) in [6.07, 6.45) is 9.37. The van der Waals surface area contributed by atoms with E-state index >= 15 is 0 Å². The van der Waals surface area contributed by atoms with Gasteiger partial charge in [-0.2, -0.15) is 0 Å². The molecule has 1 saturated heterocycles. The lowest BCUT2D eigenvalue weighted by atomic mass is 9.90. The zero-order chi connectivity index (χ0) is 18.2. The lowest BCUT2D eigenvalue weighted by molar-refractivity contribution is -0.130. The van der Waals surface area contributed by atoms with Gasteiger partial charge in [0.15, 0.2) is 5.96 Å². The van der Waals surface area contributed by atoms with Crippen molar-refractivity contribution in [3.8, 4) is 0 Å². The summed E-state index contributed by atoms with van der Waals surface area (Å²) in [4.78, 5) is 18.6. The number of amides is 1. The number of carbonyl (C=O) groups is 1. The highest BCUT2D eigenvalue weighted by atomic mass is 16.2. The van der Waals surface area contributed by atoms with Crippen molar-refractivity contribution in [3.63, 3.8) is 0 Å². The molecular formula is C21H32N4O. The Morgan fingerprint density at radius 1 is 1.08 bits per heavy atom. The normalized spacial score (nSPS) is 20.2. The molecule has 1 aromatic rings. The second-order valence-electron chi connectivity index (χ2n) is 7.69. The van der Waals surface area contributed by atoms with E-state index in [4.69, 9.17) is 5.73 Å². The maximum Gasteiger partial charge on any atom is 0.244 e. The van der Waals surface area contributed by atoms with Crippen LogP contribution >= 0.6 is 0 Å². The largest absolute Gasteiger partial charge is 0.370 e. The van der Waals surface area contributed by atoms with Crippen molar-refractivity contribution in [2.75, 3.05) is 19.6 Å². The molecule has 0 radical (unpaired) electrons. The fourth-order valence-electron chi connectivity index (χ4n) is 4.09. The first-order valence-corrected chi connectivity index (χ1v) is 10.1. The zero-order valence-electron chi connectivity index (χ0n) is 15.7. The van der Waals surface area contributed by atoms with Crippen LogP contribution in [0.2, 0.25) is 0 Å². The predicted octanol–water partition coefficient (Wildman–Crippen LogP) is 2.70. The lowest BCUT2D eigenvalue weighted by Crippen LogP contribution is -2.43. The number of nitrogens with two attached hydrogens (primary N) is 1. The molecule has 2 aliphatic rings. The summed E-state index contributed by atoms with van der Waals surface area (Å²) in [5.41, 5.74) is 7.35. The third kappa shape index (κ3) is 5.75. The average Bonchev–Trinajstić information content (AvgIpc) is 2.68. The smallest absolute Gasteiger partial charge is 0.244 e. The highest BCUT2D eigenvalue weighted by Gasteiger charge is 2.22. The Bertz CT molecular complexity index is 587. The standard InChI is InChI=1S/C21H32N4O/c22-21(24-19-9-5-2-6-10-19)23-16-20(26)25-13-11-18(12-14-25)15-17-7-3-1-4-8-17/h1,3-4,7-8,18-19H,2,5-6,9-16H2,(H3,22,23,24). The van der Waals surface area contributed by atoms with Crippen LogP contribution in [-0.2, 0) is 11.2 Å². The van der Waals surface area contributed by atoms with Crippen LogP contribution in [0.15, 0.2) is 35.3 Å². The number of likely N-dealkylation sites (tertiary alicyclic amines) is 1. The molecule has 1 saturated carbocycles. The second kappa shape index (κ2) is 9.60. The van der Waals surface area contributed by atoms with Gasteiger partial charge in [0, 0.05) is 19.1 Å². The first-order chi connectivity index (χ1) is 12.7. The van der Waals surface area contributed by atoms with E-state index in [1.54, 1.807) is 0 Å². The summed E-state index contributed by atoms with van der Waals surface area (Å²) in [6, 6.07) is 11.1. The number of aliphatic imine (C=N–C) groups is 1. The highest BCUT2D eigenvalue weighted by Crippen LogP contribution is 2.21. The first-order valence-electron chi connectivity index (χ1n) is 10.1. The summed E-state index contributed by atoms with van der Waals surface area (Å²) >= 11 is 0. The molecule has 26 heavy (non-hydrogen) atoms. The number of rotatable bonds is 5. The van der Waals surface area contributed by atoms with Crippen LogP contribution in [0.5, 0.6) is 0 Å². The number of nitrogens with zero attached hydrogens (tertiary/aromatic N) is 2. The van der Waals surface area contributed by atoms with Crippen LogP contribution in [0.3, 0.4) is 0 Å². The molecule has 0 bridgehead atoms. The van der Waals surface area contributed by atoms with Gasteiger partial charge in [0.25, 0.3) is 0 Å². The van der Waals surface area contributed by atoms with Crippen LogP contribution in [0, 0.1) is 5.92 Å². The molecule has 5 heteroatoms. The minimum Gasteiger partial charge on any atom is -0.370 e. The van der Waals surface area contributed by atoms with Crippen molar-refractivity contribution in [1.82, 2.24) is 10.2 Å². The van der Waals surface area contributed by atoms with Crippen LogP contribution < -0.4 is 11.1 Å². The van der Waals surface area contributed by atoms with Gasteiger partial charge in [0.05, 0.1) is 0 Å². The molecule has 1 aliphatic heterocycles. The van der Waals surface area contributed by atoms with Gasteiger partial charge in [-0.25, -0.2) is 4.99 Å². The summed E-state index contributed by atoms with van der Waals surface area (Å²) in [5.74, 6) is 1.18. The fraction of sp³-hybridized carbons (Fsp3) is 0.619. The SMILES string of the molecule is NC(=NCC(=O)N1CCC(Cc2ccccc2)CC1)NC1CCCCC1. The number of carbonyl (C=O) groups excluding carboxylic acids is 1. The van der Waals surface area contributed by atoms with Crippen molar-refractivity contribution >= 4 is 11.9 Å². The summed E-state index contributed by atoms with van der Waals surface area (Å²) < 4.78 is 0. The van der Waals surface area contributed by atoms with Crippen molar-refractivity contribution in [3.05, 3.63) is 35.9 Å². The monoisotopic (exact) mass is 356 g/mol. The molecule has 3 rings (SSSR count). The van der Waals surface area contributed by atoms with Crippen LogP contribution in [0.1, 0.15) is 50.5 Å². The van der Waals surface area contributed by atoms with E-state index in [0.717, 1.165) is 45.2 Å². The van der Waals surface area contributed by atoms with E-state index in [1.165, 1.54) is 24.8 Å². The third-order valence-corrected chi connectivity index (χ3v) is 5.68. The molecule has 3 N–H and O–H groups in total. The molecule has 1 aromatic carbocycles. The molecular weight excluding hydrogens is 324 g/mol. The van der Waals surface area contributed by atoms with Gasteiger partial charge in [-0.05, 0) is 43.6 Å². The lowest BCUT2D eigenvalue weighted by Gasteiger charge is -2.32. The van der Waals surface area contributed by atoms with Crippen LogP contribution in [-0.4, -0.2) is 42.4 Å². The molecule has 2 fully saturated rings.